The molecule has 5 atom stereocenters. The van der Waals surface area contributed by atoms with Crippen molar-refractivity contribution in [3.05, 3.63) is 64.8 Å². The van der Waals surface area contributed by atoms with Gasteiger partial charge in [0, 0.05) is 41.6 Å². The first-order valence-electron chi connectivity index (χ1n) is 20.0. The maximum Gasteiger partial charge on any atom is 0.340 e. The Kier molecular flexibility index (Phi) is 11.9. The van der Waals surface area contributed by atoms with E-state index in [0.29, 0.717) is 53.6 Å². The van der Waals surface area contributed by atoms with Gasteiger partial charge in [-0.05, 0) is 127 Å². The van der Waals surface area contributed by atoms with Crippen LogP contribution in [0.4, 0.5) is 0 Å². The van der Waals surface area contributed by atoms with Crippen LogP contribution in [0.25, 0.3) is 10.1 Å². The normalized spacial score (nSPS) is 23.6. The first kappa shape index (κ1) is 42.0. The molecule has 1 aliphatic carbocycles. The molecule has 1 N–H and O–H groups in total. The van der Waals surface area contributed by atoms with Crippen LogP contribution in [0, 0.1) is 22.7 Å². The van der Waals surface area contributed by atoms with E-state index >= 15 is 0 Å². The van der Waals surface area contributed by atoms with Gasteiger partial charge in [0.05, 0.1) is 21.9 Å². The van der Waals surface area contributed by atoms with Crippen molar-refractivity contribution in [3.63, 3.8) is 0 Å². The van der Waals surface area contributed by atoms with E-state index in [1.165, 1.54) is 11.3 Å². The maximum absolute atomic E-state index is 14.3. The molecule has 0 bridgehead atoms. The van der Waals surface area contributed by atoms with Gasteiger partial charge < -0.3 is 24.6 Å². The van der Waals surface area contributed by atoms with Crippen LogP contribution in [-0.4, -0.2) is 89.2 Å². The molecule has 58 heavy (non-hydrogen) atoms. The average Bonchev–Trinajstić information content (AvgIpc) is 3.50. The summed E-state index contributed by atoms with van der Waals surface area (Å²) >= 11 is 1.27. The highest BCUT2D eigenvalue weighted by Crippen LogP contribution is 2.52. The fourth-order valence-corrected chi connectivity index (χ4v) is 10.2. The van der Waals surface area contributed by atoms with Crippen molar-refractivity contribution in [2.75, 3.05) is 26.7 Å². The quantitative estimate of drug-likeness (QED) is 0.118. The zero-order valence-electron chi connectivity index (χ0n) is 33.9. The Bertz CT molecular complexity index is 2070. The van der Waals surface area contributed by atoms with Gasteiger partial charge in [-0.15, -0.1) is 11.3 Å². The van der Waals surface area contributed by atoms with Gasteiger partial charge in [0.1, 0.15) is 12.1 Å². The molecule has 0 unspecified atom stereocenters. The minimum atomic E-state index is -4.04. The molecule has 3 aromatic rings. The molecule has 7 rings (SSSR count). The number of esters is 2. The predicted octanol–water partition coefficient (Wildman–Crippen LogP) is 6.63. The van der Waals surface area contributed by atoms with Crippen LogP contribution in [0.15, 0.2) is 48.7 Å². The zero-order chi connectivity index (χ0) is 41.6. The molecule has 4 aliphatic rings. The van der Waals surface area contributed by atoms with E-state index in [1.807, 2.05) is 23.1 Å². The monoisotopic (exact) mass is 836 g/mol. The summed E-state index contributed by atoms with van der Waals surface area (Å²) in [6, 6.07) is 11.5. The highest BCUT2D eigenvalue weighted by atomic mass is 32.1. The fraction of sp³-hybridized carbons (Fsp3) is 0.571. The van der Waals surface area contributed by atoms with E-state index in [9.17, 15) is 28.5 Å². The van der Waals surface area contributed by atoms with Gasteiger partial charge in [-0.3, -0.25) is 42.6 Å². The van der Waals surface area contributed by atoms with Gasteiger partial charge in [-0.25, -0.2) is 0 Å². The lowest BCUT2D eigenvalue weighted by Gasteiger charge is -2.43. The van der Waals surface area contributed by atoms with Gasteiger partial charge in [0.2, 0.25) is 25.4 Å². The summed E-state index contributed by atoms with van der Waals surface area (Å²) in [6.07, 6.45) is 5.35. The molecule has 3 amide bonds. The van der Waals surface area contributed by atoms with Crippen molar-refractivity contribution in [2.45, 2.75) is 104 Å². The number of carbonyl (C=O) groups is 5. The van der Waals surface area contributed by atoms with E-state index in [0.717, 1.165) is 29.7 Å². The van der Waals surface area contributed by atoms with Crippen molar-refractivity contribution >= 4 is 58.7 Å². The Labute approximate surface area is 342 Å². The summed E-state index contributed by atoms with van der Waals surface area (Å²) in [7, 11) is -4.04. The smallest absolute Gasteiger partial charge is 0.340 e. The molecule has 4 fully saturated rings. The SMILES string of the molecule is CC(C)(C)C(=O)OCOP(=O)(Cc1ccc2sc(C(=O)N[C@H]3C[C@H]4C[C@H]4C[C@H]4CC[C@@H](C(=O)N5CC(c6ccccn6)C5)N4C3=O)cc2c1)OCOC(=O)C(C)(C)C. The fourth-order valence-electron chi connectivity index (χ4n) is 7.94. The molecule has 0 radical (unpaired) electrons. The topological polar surface area (TPSA) is 171 Å². The van der Waals surface area contributed by atoms with Crippen molar-refractivity contribution in [1.82, 2.24) is 20.1 Å². The second-order valence-corrected chi connectivity index (χ2v) is 21.2. The van der Waals surface area contributed by atoms with E-state index in [-0.39, 0.29) is 35.8 Å². The van der Waals surface area contributed by atoms with Crippen LogP contribution in [-0.2, 0) is 48.4 Å². The molecule has 312 valence electrons. The number of aromatic nitrogens is 1. The van der Waals surface area contributed by atoms with Gasteiger partial charge in [-0.2, -0.15) is 0 Å². The number of rotatable bonds is 12. The molecule has 3 aliphatic heterocycles. The number of ether oxygens (including phenoxy) is 2. The lowest BCUT2D eigenvalue weighted by atomic mass is 9.94. The molecule has 3 saturated heterocycles. The van der Waals surface area contributed by atoms with Crippen molar-refractivity contribution in [1.29, 1.82) is 0 Å². The third-order valence-electron chi connectivity index (χ3n) is 11.4. The number of likely N-dealkylation sites (tertiary alicyclic amines) is 1. The summed E-state index contributed by atoms with van der Waals surface area (Å²) in [6.45, 7) is 9.94. The van der Waals surface area contributed by atoms with Gasteiger partial charge >= 0.3 is 19.5 Å². The average molecular weight is 837 g/mol. The van der Waals surface area contributed by atoms with E-state index in [1.54, 1.807) is 76.9 Å². The molecule has 16 heteroatoms. The highest BCUT2D eigenvalue weighted by molar-refractivity contribution is 7.53. The Balaban J connectivity index is 1.02. The van der Waals surface area contributed by atoms with Crippen molar-refractivity contribution in [2.24, 2.45) is 22.7 Å². The first-order chi connectivity index (χ1) is 27.4. The lowest BCUT2D eigenvalue weighted by molar-refractivity contribution is -0.162. The van der Waals surface area contributed by atoms with Crippen LogP contribution >= 0.6 is 18.9 Å². The molecule has 1 aromatic carbocycles. The molecular formula is C42H53N4O10PS. The van der Waals surface area contributed by atoms with E-state index in [4.69, 9.17) is 18.5 Å². The summed E-state index contributed by atoms with van der Waals surface area (Å²) in [4.78, 5) is 75.2. The number of thiophene rings is 1. The molecule has 5 heterocycles. The Hall–Kier alpha value is -4.17. The van der Waals surface area contributed by atoms with Crippen LogP contribution in [0.5, 0.6) is 0 Å². The number of benzene rings is 1. The van der Waals surface area contributed by atoms with Crippen molar-refractivity contribution < 1.29 is 47.1 Å². The van der Waals surface area contributed by atoms with Crippen LogP contribution in [0.2, 0.25) is 0 Å². The van der Waals surface area contributed by atoms with E-state index in [2.05, 4.69) is 10.3 Å². The second kappa shape index (κ2) is 16.5. The Morgan fingerprint density at radius 2 is 1.55 bits per heavy atom. The summed E-state index contributed by atoms with van der Waals surface area (Å²) in [5.41, 5.74) is -0.117. The number of hydrogen-bond donors (Lipinski definition) is 1. The third-order valence-corrected chi connectivity index (χ3v) is 14.3. The van der Waals surface area contributed by atoms with E-state index < -0.39 is 56.0 Å². The number of nitrogens with zero attached hydrogens (tertiary/aromatic N) is 3. The first-order valence-corrected chi connectivity index (χ1v) is 22.5. The molecule has 2 aromatic heterocycles. The number of nitrogens with one attached hydrogen (secondary N) is 1. The summed E-state index contributed by atoms with van der Waals surface area (Å²) < 4.78 is 36.1. The van der Waals surface area contributed by atoms with Gasteiger partial charge in [-0.1, -0.05) is 12.1 Å². The minimum absolute atomic E-state index is 0.0215. The van der Waals surface area contributed by atoms with Crippen LogP contribution in [0.1, 0.15) is 100 Å². The van der Waals surface area contributed by atoms with Gasteiger partial charge in [0.25, 0.3) is 5.91 Å². The number of fused-ring (bicyclic) bond motifs is 3. The minimum Gasteiger partial charge on any atom is -0.438 e. The Morgan fingerprint density at radius 3 is 2.19 bits per heavy atom. The molecular weight excluding hydrogens is 784 g/mol. The van der Waals surface area contributed by atoms with Crippen LogP contribution < -0.4 is 5.32 Å². The highest BCUT2D eigenvalue weighted by Gasteiger charge is 2.52. The Morgan fingerprint density at radius 1 is 0.879 bits per heavy atom. The summed E-state index contributed by atoms with van der Waals surface area (Å²) in [5.74, 6) is -0.691. The maximum atomic E-state index is 14.3. The number of amides is 3. The standard InChI is InChI=1S/C42H53N4O10PS/c1-41(2,3)39(50)53-23-55-57(52,56-24-54-40(51)42(4,5)6)22-25-10-13-34-28(15-25)19-35(58-34)36(47)44-32-18-27-16-26(27)17-30-11-12-33(46(30)37(32)48)38(49)45-20-29(21-45)31-9-7-8-14-43-31/h7-10,13-15,19,26-27,29-30,32-33H,11-12,16-18,20-24H2,1-6H3,(H,44,47)/t26-,27+,30+,32-,33-/m0/s1. The second-order valence-electron chi connectivity index (χ2n) is 18.0. The third kappa shape index (κ3) is 9.48. The predicted molar refractivity (Wildman–Crippen MR) is 215 cm³/mol. The lowest BCUT2D eigenvalue weighted by Crippen LogP contribution is -2.59. The van der Waals surface area contributed by atoms with Crippen molar-refractivity contribution in [3.8, 4) is 0 Å². The van der Waals surface area contributed by atoms with Crippen LogP contribution in [0.3, 0.4) is 0 Å². The summed E-state index contributed by atoms with van der Waals surface area (Å²) in [5, 5.41) is 3.75. The molecule has 1 saturated carbocycles. The number of carbonyl (C=O) groups excluding carboxylic acids is 5. The molecule has 0 spiro atoms. The molecule has 14 nitrogen and oxygen atoms in total. The number of pyridine rings is 1. The van der Waals surface area contributed by atoms with Gasteiger partial charge in [0.15, 0.2) is 0 Å². The largest absolute Gasteiger partial charge is 0.438 e. The zero-order valence-corrected chi connectivity index (χ0v) is 35.6. The number of hydrogen-bond acceptors (Lipinski definition) is 12.